The molecule has 0 bridgehead atoms. The third kappa shape index (κ3) is 6.62. The van der Waals surface area contributed by atoms with Crippen molar-refractivity contribution >= 4 is 11.9 Å². The molecule has 0 aromatic carbocycles. The van der Waals surface area contributed by atoms with Gasteiger partial charge in [-0.1, -0.05) is 0 Å². The average molecular weight is 326 g/mol. The molecule has 1 unspecified atom stereocenters. The van der Waals surface area contributed by atoms with Gasteiger partial charge in [-0.15, -0.1) is 0 Å². The minimum atomic E-state index is -1.35. The van der Waals surface area contributed by atoms with Crippen LogP contribution < -0.4 is 11.5 Å². The summed E-state index contributed by atoms with van der Waals surface area (Å²) in [5, 5.41) is 52.3. The van der Waals surface area contributed by atoms with E-state index in [9.17, 15) is 19.8 Å². The van der Waals surface area contributed by atoms with Crippen LogP contribution in [0.25, 0.3) is 0 Å². The summed E-state index contributed by atoms with van der Waals surface area (Å²) in [5.74, 6) is -2.20. The SMILES string of the molecule is N[C@@H](CCC(=O)O)C(=O)O.N[C@H]1C(O)O[C@H](CO)[C@@H](O)[C@@H]1O. The monoisotopic (exact) mass is 326 g/mol. The molecule has 0 aliphatic carbocycles. The highest BCUT2D eigenvalue weighted by atomic mass is 16.6. The average Bonchev–Trinajstić information content (AvgIpc) is 2.46. The van der Waals surface area contributed by atoms with Crippen LogP contribution in [-0.2, 0) is 14.3 Å². The van der Waals surface area contributed by atoms with E-state index in [1.807, 2.05) is 0 Å². The fourth-order valence-corrected chi connectivity index (χ4v) is 1.52. The van der Waals surface area contributed by atoms with Gasteiger partial charge in [-0.2, -0.15) is 0 Å². The molecule has 0 saturated carbocycles. The van der Waals surface area contributed by atoms with E-state index in [-0.39, 0.29) is 12.8 Å². The highest BCUT2D eigenvalue weighted by Crippen LogP contribution is 2.17. The molecule has 0 aromatic heterocycles. The summed E-state index contributed by atoms with van der Waals surface area (Å²) in [6.07, 6.45) is -5.08. The molecule has 0 amide bonds. The summed E-state index contributed by atoms with van der Waals surface area (Å²) in [7, 11) is 0. The van der Waals surface area contributed by atoms with Gasteiger partial charge in [-0.25, -0.2) is 0 Å². The molecule has 22 heavy (non-hydrogen) atoms. The fourth-order valence-electron chi connectivity index (χ4n) is 1.52. The van der Waals surface area contributed by atoms with Crippen molar-refractivity contribution in [1.82, 2.24) is 0 Å². The molecule has 1 heterocycles. The molecule has 130 valence electrons. The van der Waals surface area contributed by atoms with Crippen LogP contribution in [0.15, 0.2) is 0 Å². The van der Waals surface area contributed by atoms with Gasteiger partial charge in [0.05, 0.1) is 12.6 Å². The second kappa shape index (κ2) is 9.63. The molecule has 1 aliphatic rings. The topological polar surface area (TPSA) is 217 Å². The van der Waals surface area contributed by atoms with E-state index in [1.165, 1.54) is 0 Å². The second-order valence-electron chi connectivity index (χ2n) is 4.68. The number of aliphatic carboxylic acids is 2. The zero-order chi connectivity index (χ0) is 17.4. The van der Waals surface area contributed by atoms with Crippen LogP contribution in [0.5, 0.6) is 0 Å². The van der Waals surface area contributed by atoms with Gasteiger partial charge in [0, 0.05) is 6.42 Å². The first-order chi connectivity index (χ1) is 10.1. The van der Waals surface area contributed by atoms with Gasteiger partial charge < -0.3 is 46.8 Å². The number of hydrogen-bond donors (Lipinski definition) is 8. The van der Waals surface area contributed by atoms with Gasteiger partial charge in [0.2, 0.25) is 0 Å². The van der Waals surface area contributed by atoms with E-state index in [0.717, 1.165) is 0 Å². The number of carbonyl (C=O) groups is 2. The minimum absolute atomic E-state index is 0.0231. The number of carboxylic acids is 2. The minimum Gasteiger partial charge on any atom is -0.481 e. The predicted octanol–water partition coefficient (Wildman–Crippen LogP) is -3.99. The first-order valence-corrected chi connectivity index (χ1v) is 6.38. The molecular formula is C11H22N2O9. The lowest BCUT2D eigenvalue weighted by atomic mass is 9.98. The summed E-state index contributed by atoms with van der Waals surface area (Å²) in [6, 6.07) is -2.10. The Kier molecular flexibility index (Phi) is 9.04. The van der Waals surface area contributed by atoms with Crippen LogP contribution >= 0.6 is 0 Å². The summed E-state index contributed by atoms with van der Waals surface area (Å²) in [6.45, 7) is -0.470. The van der Waals surface area contributed by atoms with Gasteiger partial charge in [0.25, 0.3) is 0 Å². The zero-order valence-corrected chi connectivity index (χ0v) is 11.6. The van der Waals surface area contributed by atoms with Crippen LogP contribution in [0.1, 0.15) is 12.8 Å². The number of carboxylic acid groups (broad SMARTS) is 2. The molecule has 11 nitrogen and oxygen atoms in total. The Balaban J connectivity index is 0.000000409. The second-order valence-corrected chi connectivity index (χ2v) is 4.68. The van der Waals surface area contributed by atoms with Gasteiger partial charge >= 0.3 is 11.9 Å². The van der Waals surface area contributed by atoms with Crippen molar-refractivity contribution in [2.75, 3.05) is 6.61 Å². The number of aliphatic hydroxyl groups excluding tert-OH is 4. The maximum atomic E-state index is 9.99. The molecule has 10 N–H and O–H groups in total. The third-order valence-corrected chi connectivity index (χ3v) is 2.94. The molecule has 6 atom stereocenters. The van der Waals surface area contributed by atoms with Crippen molar-refractivity contribution in [2.45, 2.75) is 49.5 Å². The Labute approximate surface area is 125 Å². The van der Waals surface area contributed by atoms with Gasteiger partial charge in [-0.3, -0.25) is 9.59 Å². The van der Waals surface area contributed by atoms with E-state index >= 15 is 0 Å². The number of ether oxygens (including phenoxy) is 1. The number of nitrogens with two attached hydrogens (primary N) is 2. The summed E-state index contributed by atoms with van der Waals surface area (Å²) >= 11 is 0. The lowest BCUT2D eigenvalue weighted by molar-refractivity contribution is -0.248. The first-order valence-electron chi connectivity index (χ1n) is 6.38. The molecule has 0 radical (unpaired) electrons. The molecular weight excluding hydrogens is 304 g/mol. The Morgan fingerprint density at radius 1 is 1.14 bits per heavy atom. The van der Waals surface area contributed by atoms with Crippen LogP contribution in [0.3, 0.4) is 0 Å². The molecule has 1 saturated heterocycles. The van der Waals surface area contributed by atoms with E-state index in [2.05, 4.69) is 0 Å². The standard InChI is InChI=1S/C6H13NO5.C5H9NO4/c7-3-5(10)4(9)2(1-8)12-6(3)11;6-3(5(9)10)1-2-4(7)8/h2-6,8-11H,1,7H2;3H,1-2,6H2,(H,7,8)(H,9,10)/t2-,3-,4-,5-,6?;3-/m10/s1. The smallest absolute Gasteiger partial charge is 0.320 e. The maximum absolute atomic E-state index is 9.99. The van der Waals surface area contributed by atoms with Crippen LogP contribution in [0.4, 0.5) is 0 Å². The molecule has 1 rings (SSSR count). The first kappa shape index (κ1) is 20.7. The van der Waals surface area contributed by atoms with Crippen LogP contribution in [0.2, 0.25) is 0 Å². The van der Waals surface area contributed by atoms with Crippen molar-refractivity contribution in [3.8, 4) is 0 Å². The predicted molar refractivity (Wildman–Crippen MR) is 70.4 cm³/mol. The van der Waals surface area contributed by atoms with Crippen molar-refractivity contribution in [1.29, 1.82) is 0 Å². The van der Waals surface area contributed by atoms with E-state index in [4.69, 9.17) is 36.6 Å². The van der Waals surface area contributed by atoms with Crippen molar-refractivity contribution in [2.24, 2.45) is 11.5 Å². The highest BCUT2D eigenvalue weighted by molar-refractivity contribution is 5.74. The van der Waals surface area contributed by atoms with Crippen molar-refractivity contribution in [3.63, 3.8) is 0 Å². The van der Waals surface area contributed by atoms with E-state index in [1.54, 1.807) is 0 Å². The fraction of sp³-hybridized carbons (Fsp3) is 0.818. The quantitative estimate of drug-likeness (QED) is 0.243. The summed E-state index contributed by atoms with van der Waals surface area (Å²) in [5.41, 5.74) is 10.3. The molecule has 1 aliphatic heterocycles. The van der Waals surface area contributed by atoms with Crippen molar-refractivity contribution < 1.29 is 45.0 Å². The zero-order valence-electron chi connectivity index (χ0n) is 11.6. The Morgan fingerprint density at radius 2 is 1.68 bits per heavy atom. The number of aliphatic hydroxyl groups is 4. The summed E-state index contributed by atoms with van der Waals surface area (Å²) in [4.78, 5) is 19.9. The van der Waals surface area contributed by atoms with Crippen molar-refractivity contribution in [3.05, 3.63) is 0 Å². The largest absolute Gasteiger partial charge is 0.481 e. The molecule has 0 spiro atoms. The maximum Gasteiger partial charge on any atom is 0.320 e. The van der Waals surface area contributed by atoms with E-state index in [0.29, 0.717) is 0 Å². The van der Waals surface area contributed by atoms with Gasteiger partial charge in [0.15, 0.2) is 6.29 Å². The Hall–Kier alpha value is -1.34. The van der Waals surface area contributed by atoms with Crippen LogP contribution in [0, 0.1) is 0 Å². The lowest BCUT2D eigenvalue weighted by Gasteiger charge is -2.38. The third-order valence-electron chi connectivity index (χ3n) is 2.94. The van der Waals surface area contributed by atoms with Gasteiger partial charge in [0.1, 0.15) is 24.4 Å². The Morgan fingerprint density at radius 3 is 2.09 bits per heavy atom. The normalized spacial score (nSPS) is 32.5. The molecule has 11 heteroatoms. The molecule has 0 aromatic rings. The van der Waals surface area contributed by atoms with Crippen LogP contribution in [-0.4, -0.2) is 85.9 Å². The Bertz CT molecular complexity index is 363. The number of rotatable bonds is 5. The van der Waals surface area contributed by atoms with E-state index < -0.39 is 55.2 Å². The highest BCUT2D eigenvalue weighted by Gasteiger charge is 2.41. The number of hydrogen-bond acceptors (Lipinski definition) is 9. The van der Waals surface area contributed by atoms with Gasteiger partial charge in [-0.05, 0) is 6.42 Å². The lowest BCUT2D eigenvalue weighted by Crippen LogP contribution is -2.61. The summed E-state index contributed by atoms with van der Waals surface area (Å²) < 4.78 is 4.70. The molecule has 1 fully saturated rings.